The van der Waals surface area contributed by atoms with Gasteiger partial charge in [0.1, 0.15) is 11.5 Å². The van der Waals surface area contributed by atoms with Crippen LogP contribution < -0.4 is 9.47 Å². The first-order chi connectivity index (χ1) is 6.22. The minimum absolute atomic E-state index is 0.357. The monoisotopic (exact) mass is 179 g/mol. The molecule has 3 heteroatoms. The van der Waals surface area contributed by atoms with E-state index in [0.29, 0.717) is 18.1 Å². The minimum atomic E-state index is -0.357. The number of ether oxygens (including phenoxy) is 2. The SMILES string of the molecule is CCOc1cc[c]c(OC(C)=O)c1. The molecule has 0 heterocycles. The molecule has 0 saturated carbocycles. The van der Waals surface area contributed by atoms with E-state index in [1.165, 1.54) is 6.92 Å². The lowest BCUT2D eigenvalue weighted by Gasteiger charge is -2.04. The van der Waals surface area contributed by atoms with E-state index in [4.69, 9.17) is 9.47 Å². The smallest absolute Gasteiger partial charge is 0.308 e. The summed E-state index contributed by atoms with van der Waals surface area (Å²) < 4.78 is 10.0. The molecule has 0 aromatic heterocycles. The summed E-state index contributed by atoms with van der Waals surface area (Å²) in [5.74, 6) is 0.709. The standard InChI is InChI=1S/C10H11O3/c1-3-12-9-5-4-6-10(7-9)13-8(2)11/h4-5,7H,3H2,1-2H3. The van der Waals surface area contributed by atoms with E-state index in [2.05, 4.69) is 6.07 Å². The second-order valence-corrected chi connectivity index (χ2v) is 2.42. The lowest BCUT2D eigenvalue weighted by atomic mass is 10.3. The van der Waals surface area contributed by atoms with Crippen LogP contribution in [0.4, 0.5) is 0 Å². The summed E-state index contributed by atoms with van der Waals surface area (Å²) >= 11 is 0. The van der Waals surface area contributed by atoms with Gasteiger partial charge >= 0.3 is 5.97 Å². The Kier molecular flexibility index (Phi) is 3.31. The number of rotatable bonds is 3. The Bertz CT molecular complexity index is 294. The highest BCUT2D eigenvalue weighted by Gasteiger charge is 1.99. The van der Waals surface area contributed by atoms with Crippen LogP contribution >= 0.6 is 0 Å². The van der Waals surface area contributed by atoms with Gasteiger partial charge in [0.25, 0.3) is 0 Å². The molecule has 0 unspecified atom stereocenters. The fourth-order valence-corrected chi connectivity index (χ4v) is 0.895. The Morgan fingerprint density at radius 1 is 1.62 bits per heavy atom. The molecule has 1 radical (unpaired) electrons. The van der Waals surface area contributed by atoms with Gasteiger partial charge in [0, 0.05) is 19.1 Å². The van der Waals surface area contributed by atoms with Crippen LogP contribution in [0.1, 0.15) is 13.8 Å². The molecule has 3 nitrogen and oxygen atoms in total. The molecule has 0 aliphatic heterocycles. The highest BCUT2D eigenvalue weighted by atomic mass is 16.5. The fraction of sp³-hybridized carbons (Fsp3) is 0.300. The third-order valence-corrected chi connectivity index (χ3v) is 1.31. The van der Waals surface area contributed by atoms with E-state index in [-0.39, 0.29) is 5.97 Å². The third kappa shape index (κ3) is 3.15. The van der Waals surface area contributed by atoms with Gasteiger partial charge in [0.15, 0.2) is 0 Å². The van der Waals surface area contributed by atoms with Crippen molar-refractivity contribution in [1.82, 2.24) is 0 Å². The highest BCUT2D eigenvalue weighted by Crippen LogP contribution is 2.18. The van der Waals surface area contributed by atoms with Crippen molar-refractivity contribution in [3.63, 3.8) is 0 Å². The normalized spacial score (nSPS) is 9.38. The summed E-state index contributed by atoms with van der Waals surface area (Å²) in [6.45, 7) is 3.83. The van der Waals surface area contributed by atoms with Gasteiger partial charge in [-0.3, -0.25) is 4.79 Å². The summed E-state index contributed by atoms with van der Waals surface area (Å²) in [5.41, 5.74) is 0. The molecular formula is C10H11O3. The van der Waals surface area contributed by atoms with Crippen molar-refractivity contribution in [3.8, 4) is 11.5 Å². The number of carbonyl (C=O) groups is 1. The van der Waals surface area contributed by atoms with Gasteiger partial charge in [0.2, 0.25) is 0 Å². The summed E-state index contributed by atoms with van der Waals surface area (Å²) in [6.07, 6.45) is 0. The summed E-state index contributed by atoms with van der Waals surface area (Å²) in [5, 5.41) is 0. The quantitative estimate of drug-likeness (QED) is 0.524. The van der Waals surface area contributed by atoms with Gasteiger partial charge in [-0.1, -0.05) is 0 Å². The van der Waals surface area contributed by atoms with E-state index in [0.717, 1.165) is 0 Å². The minimum Gasteiger partial charge on any atom is -0.494 e. The Morgan fingerprint density at radius 2 is 2.38 bits per heavy atom. The van der Waals surface area contributed by atoms with Crippen LogP contribution in [0.5, 0.6) is 11.5 Å². The van der Waals surface area contributed by atoms with Crippen molar-refractivity contribution in [2.75, 3.05) is 6.61 Å². The predicted octanol–water partition coefficient (Wildman–Crippen LogP) is 1.81. The van der Waals surface area contributed by atoms with Gasteiger partial charge in [-0.15, -0.1) is 0 Å². The number of hydrogen-bond acceptors (Lipinski definition) is 3. The van der Waals surface area contributed by atoms with Crippen molar-refractivity contribution >= 4 is 5.97 Å². The first-order valence-electron chi connectivity index (χ1n) is 4.05. The maximum atomic E-state index is 10.6. The zero-order valence-electron chi connectivity index (χ0n) is 7.66. The summed E-state index contributed by atoms with van der Waals surface area (Å²) in [7, 11) is 0. The zero-order chi connectivity index (χ0) is 9.68. The molecule has 1 rings (SSSR count). The summed E-state index contributed by atoms with van der Waals surface area (Å²) in [4.78, 5) is 10.6. The van der Waals surface area contributed by atoms with Gasteiger partial charge in [-0.05, 0) is 19.1 Å². The van der Waals surface area contributed by atoms with Crippen molar-refractivity contribution in [2.24, 2.45) is 0 Å². The third-order valence-electron chi connectivity index (χ3n) is 1.31. The molecule has 0 bridgehead atoms. The van der Waals surface area contributed by atoms with Crippen LogP contribution in [-0.4, -0.2) is 12.6 Å². The van der Waals surface area contributed by atoms with E-state index >= 15 is 0 Å². The molecule has 0 N–H and O–H groups in total. The van der Waals surface area contributed by atoms with E-state index in [1.54, 1.807) is 18.2 Å². The van der Waals surface area contributed by atoms with E-state index in [9.17, 15) is 4.79 Å². The highest BCUT2D eigenvalue weighted by molar-refractivity contribution is 5.69. The predicted molar refractivity (Wildman–Crippen MR) is 47.8 cm³/mol. The maximum absolute atomic E-state index is 10.6. The lowest BCUT2D eigenvalue weighted by molar-refractivity contribution is -0.131. The molecular weight excluding hydrogens is 168 g/mol. The molecule has 0 spiro atoms. The van der Waals surface area contributed by atoms with Gasteiger partial charge in [0.05, 0.1) is 6.61 Å². The maximum Gasteiger partial charge on any atom is 0.308 e. The Hall–Kier alpha value is -1.51. The second kappa shape index (κ2) is 4.50. The van der Waals surface area contributed by atoms with E-state index < -0.39 is 0 Å². The van der Waals surface area contributed by atoms with Crippen LogP contribution in [0.2, 0.25) is 0 Å². The zero-order valence-corrected chi connectivity index (χ0v) is 7.66. The molecule has 1 aromatic carbocycles. The Labute approximate surface area is 77.3 Å². The van der Waals surface area contributed by atoms with Crippen molar-refractivity contribution in [1.29, 1.82) is 0 Å². The van der Waals surface area contributed by atoms with Crippen LogP contribution in [0, 0.1) is 6.07 Å². The van der Waals surface area contributed by atoms with Crippen molar-refractivity contribution in [2.45, 2.75) is 13.8 Å². The molecule has 0 aliphatic rings. The second-order valence-electron chi connectivity index (χ2n) is 2.42. The number of esters is 1. The van der Waals surface area contributed by atoms with Crippen LogP contribution in [0.25, 0.3) is 0 Å². The van der Waals surface area contributed by atoms with Crippen LogP contribution in [0.15, 0.2) is 18.2 Å². The van der Waals surface area contributed by atoms with Crippen LogP contribution in [-0.2, 0) is 4.79 Å². The van der Waals surface area contributed by atoms with Crippen molar-refractivity contribution in [3.05, 3.63) is 24.3 Å². The molecule has 0 saturated heterocycles. The Balaban J connectivity index is 2.73. The first kappa shape index (κ1) is 9.58. The average Bonchev–Trinajstić information content (AvgIpc) is 2.04. The molecule has 0 aliphatic carbocycles. The summed E-state index contributed by atoms with van der Waals surface area (Å²) in [6, 6.07) is 7.82. The number of benzene rings is 1. The molecule has 1 aromatic rings. The molecule has 0 fully saturated rings. The number of carbonyl (C=O) groups excluding carboxylic acids is 1. The topological polar surface area (TPSA) is 35.5 Å². The van der Waals surface area contributed by atoms with E-state index in [1.807, 2.05) is 6.92 Å². The van der Waals surface area contributed by atoms with Gasteiger partial charge in [-0.2, -0.15) is 0 Å². The fourth-order valence-electron chi connectivity index (χ4n) is 0.895. The Morgan fingerprint density at radius 3 is 3.00 bits per heavy atom. The molecule has 13 heavy (non-hydrogen) atoms. The molecule has 0 atom stereocenters. The number of hydrogen-bond donors (Lipinski definition) is 0. The van der Waals surface area contributed by atoms with Crippen molar-refractivity contribution < 1.29 is 14.3 Å². The average molecular weight is 179 g/mol. The molecule has 0 amide bonds. The largest absolute Gasteiger partial charge is 0.494 e. The lowest BCUT2D eigenvalue weighted by Crippen LogP contribution is -2.01. The van der Waals surface area contributed by atoms with Gasteiger partial charge in [-0.25, -0.2) is 0 Å². The van der Waals surface area contributed by atoms with Gasteiger partial charge < -0.3 is 9.47 Å². The first-order valence-corrected chi connectivity index (χ1v) is 4.05. The molecule has 69 valence electrons. The van der Waals surface area contributed by atoms with Crippen LogP contribution in [0.3, 0.4) is 0 Å².